The maximum absolute atomic E-state index is 11.1. The van der Waals surface area contributed by atoms with Crippen LogP contribution in [0.5, 0.6) is 0 Å². The molecule has 1 atom stereocenters. The van der Waals surface area contributed by atoms with Crippen LogP contribution in [0, 0.1) is 5.92 Å². The average Bonchev–Trinajstić information content (AvgIpc) is 2.88. The van der Waals surface area contributed by atoms with Gasteiger partial charge >= 0.3 is 5.97 Å². The van der Waals surface area contributed by atoms with Gasteiger partial charge in [-0.3, -0.25) is 10.1 Å². The summed E-state index contributed by atoms with van der Waals surface area (Å²) in [6, 6.07) is 0. The fourth-order valence-electron chi connectivity index (χ4n) is 1.56. The van der Waals surface area contributed by atoms with E-state index in [2.05, 4.69) is 5.32 Å². The summed E-state index contributed by atoms with van der Waals surface area (Å²) in [5.74, 6) is -0.161. The van der Waals surface area contributed by atoms with E-state index in [4.69, 9.17) is 9.84 Å². The van der Waals surface area contributed by atoms with Crippen molar-refractivity contribution >= 4 is 5.97 Å². The molecule has 14 heavy (non-hydrogen) atoms. The summed E-state index contributed by atoms with van der Waals surface area (Å²) in [6.45, 7) is 2.89. The van der Waals surface area contributed by atoms with Crippen molar-refractivity contribution in [3.8, 4) is 0 Å². The largest absolute Gasteiger partial charge is 0.480 e. The highest BCUT2D eigenvalue weighted by atomic mass is 16.5. The molecule has 0 radical (unpaired) electrons. The minimum atomic E-state index is -0.778. The molecule has 0 spiro atoms. The van der Waals surface area contributed by atoms with Crippen LogP contribution in [0.15, 0.2) is 0 Å². The molecule has 0 aromatic rings. The SMILES string of the molecule is COCCNC(C)(CC1CC1)C(=O)O. The zero-order valence-electron chi connectivity index (χ0n) is 8.88. The van der Waals surface area contributed by atoms with E-state index in [-0.39, 0.29) is 0 Å². The number of carboxylic acids is 1. The summed E-state index contributed by atoms with van der Waals surface area (Å²) >= 11 is 0. The molecule has 0 amide bonds. The van der Waals surface area contributed by atoms with Gasteiger partial charge in [-0.05, 0) is 19.3 Å². The second-order valence-electron chi connectivity index (χ2n) is 4.20. The molecule has 82 valence electrons. The number of hydrogen-bond donors (Lipinski definition) is 2. The number of aliphatic carboxylic acids is 1. The van der Waals surface area contributed by atoms with Crippen molar-refractivity contribution in [1.82, 2.24) is 5.32 Å². The first kappa shape index (κ1) is 11.5. The predicted octanol–water partition coefficient (Wildman–Crippen LogP) is 0.866. The fourth-order valence-corrected chi connectivity index (χ4v) is 1.56. The third-order valence-corrected chi connectivity index (χ3v) is 2.69. The van der Waals surface area contributed by atoms with E-state index in [1.807, 2.05) is 0 Å². The van der Waals surface area contributed by atoms with Gasteiger partial charge in [0, 0.05) is 13.7 Å². The Balaban J connectivity index is 2.38. The van der Waals surface area contributed by atoms with E-state index in [9.17, 15) is 4.79 Å². The van der Waals surface area contributed by atoms with Gasteiger partial charge in [-0.25, -0.2) is 0 Å². The maximum atomic E-state index is 11.1. The van der Waals surface area contributed by atoms with Gasteiger partial charge in [-0.15, -0.1) is 0 Å². The normalized spacial score (nSPS) is 20.4. The molecule has 0 heterocycles. The second-order valence-corrected chi connectivity index (χ2v) is 4.20. The van der Waals surface area contributed by atoms with Crippen molar-refractivity contribution < 1.29 is 14.6 Å². The lowest BCUT2D eigenvalue weighted by molar-refractivity contribution is -0.144. The lowest BCUT2D eigenvalue weighted by Gasteiger charge is -2.26. The third-order valence-electron chi connectivity index (χ3n) is 2.69. The first-order chi connectivity index (χ1) is 6.58. The average molecular weight is 201 g/mol. The fraction of sp³-hybridized carbons (Fsp3) is 0.900. The number of carbonyl (C=O) groups is 1. The molecule has 1 rings (SSSR count). The van der Waals surface area contributed by atoms with Gasteiger partial charge in [0.15, 0.2) is 0 Å². The Morgan fingerprint density at radius 2 is 2.29 bits per heavy atom. The molecule has 0 aromatic carbocycles. The van der Waals surface area contributed by atoms with Crippen LogP contribution in [0.4, 0.5) is 0 Å². The highest BCUT2D eigenvalue weighted by molar-refractivity contribution is 5.78. The van der Waals surface area contributed by atoms with Crippen molar-refractivity contribution in [3.63, 3.8) is 0 Å². The molecule has 0 saturated heterocycles. The first-order valence-corrected chi connectivity index (χ1v) is 5.06. The quantitative estimate of drug-likeness (QED) is 0.600. The molecule has 1 unspecified atom stereocenters. The van der Waals surface area contributed by atoms with E-state index >= 15 is 0 Å². The van der Waals surface area contributed by atoms with Crippen LogP contribution in [0.2, 0.25) is 0 Å². The molecule has 1 aliphatic carbocycles. The summed E-state index contributed by atoms with van der Waals surface area (Å²) in [7, 11) is 1.61. The summed E-state index contributed by atoms with van der Waals surface area (Å²) < 4.78 is 4.88. The van der Waals surface area contributed by atoms with Crippen molar-refractivity contribution in [2.45, 2.75) is 31.7 Å². The molecule has 4 heteroatoms. The van der Waals surface area contributed by atoms with E-state index in [1.54, 1.807) is 14.0 Å². The third kappa shape index (κ3) is 3.27. The van der Waals surface area contributed by atoms with Gasteiger partial charge in [-0.2, -0.15) is 0 Å². The summed E-state index contributed by atoms with van der Waals surface area (Å²) in [5.41, 5.74) is -0.778. The van der Waals surface area contributed by atoms with E-state index < -0.39 is 11.5 Å². The van der Waals surface area contributed by atoms with Gasteiger partial charge in [0.2, 0.25) is 0 Å². The van der Waals surface area contributed by atoms with Crippen LogP contribution >= 0.6 is 0 Å². The van der Waals surface area contributed by atoms with Crippen LogP contribution in [0.25, 0.3) is 0 Å². The molecule has 1 saturated carbocycles. The monoisotopic (exact) mass is 201 g/mol. The molecule has 0 bridgehead atoms. The molecular weight excluding hydrogens is 182 g/mol. The van der Waals surface area contributed by atoms with Crippen molar-refractivity contribution in [1.29, 1.82) is 0 Å². The highest BCUT2D eigenvalue weighted by Gasteiger charge is 2.38. The lowest BCUT2D eigenvalue weighted by atomic mass is 9.95. The first-order valence-electron chi connectivity index (χ1n) is 5.06. The molecule has 0 aromatic heterocycles. The van der Waals surface area contributed by atoms with Crippen LogP contribution < -0.4 is 5.32 Å². The van der Waals surface area contributed by atoms with Gasteiger partial charge in [0.1, 0.15) is 5.54 Å². The lowest BCUT2D eigenvalue weighted by Crippen LogP contribution is -2.50. The van der Waals surface area contributed by atoms with Crippen molar-refractivity contribution in [3.05, 3.63) is 0 Å². The zero-order valence-corrected chi connectivity index (χ0v) is 8.88. The van der Waals surface area contributed by atoms with Gasteiger partial charge < -0.3 is 9.84 Å². The molecule has 4 nitrogen and oxygen atoms in total. The molecule has 1 fully saturated rings. The number of hydrogen-bond acceptors (Lipinski definition) is 3. The Morgan fingerprint density at radius 3 is 2.71 bits per heavy atom. The van der Waals surface area contributed by atoms with Gasteiger partial charge in [-0.1, -0.05) is 12.8 Å². The minimum absolute atomic E-state index is 0.549. The van der Waals surface area contributed by atoms with Crippen LogP contribution in [0.3, 0.4) is 0 Å². The number of nitrogens with one attached hydrogen (secondary N) is 1. The Morgan fingerprint density at radius 1 is 1.64 bits per heavy atom. The summed E-state index contributed by atoms with van der Waals surface area (Å²) in [5, 5.41) is 12.1. The Kier molecular flexibility index (Phi) is 3.89. The number of ether oxygens (including phenoxy) is 1. The molecule has 2 N–H and O–H groups in total. The number of methoxy groups -OCH3 is 1. The predicted molar refractivity (Wildman–Crippen MR) is 53.3 cm³/mol. The van der Waals surface area contributed by atoms with Crippen LogP contribution in [0.1, 0.15) is 26.2 Å². The van der Waals surface area contributed by atoms with E-state index in [0.717, 1.165) is 6.42 Å². The zero-order chi connectivity index (χ0) is 10.6. The van der Waals surface area contributed by atoms with E-state index in [0.29, 0.717) is 19.1 Å². The number of rotatable bonds is 7. The van der Waals surface area contributed by atoms with Crippen LogP contribution in [-0.2, 0) is 9.53 Å². The van der Waals surface area contributed by atoms with Gasteiger partial charge in [0.25, 0.3) is 0 Å². The van der Waals surface area contributed by atoms with Crippen molar-refractivity contribution in [2.75, 3.05) is 20.3 Å². The minimum Gasteiger partial charge on any atom is -0.480 e. The smallest absolute Gasteiger partial charge is 0.323 e. The van der Waals surface area contributed by atoms with E-state index in [1.165, 1.54) is 12.8 Å². The standard InChI is InChI=1S/C10H19NO3/c1-10(9(12)13,7-8-3-4-8)11-5-6-14-2/h8,11H,3-7H2,1-2H3,(H,12,13). The Hall–Kier alpha value is -0.610. The second kappa shape index (κ2) is 4.75. The molecular formula is C10H19NO3. The highest BCUT2D eigenvalue weighted by Crippen LogP contribution is 2.36. The number of carboxylic acid groups (broad SMARTS) is 1. The van der Waals surface area contributed by atoms with Crippen LogP contribution in [-0.4, -0.2) is 36.9 Å². The Labute approximate surface area is 84.6 Å². The van der Waals surface area contributed by atoms with Crippen molar-refractivity contribution in [2.24, 2.45) is 5.92 Å². The topological polar surface area (TPSA) is 58.6 Å². The summed E-state index contributed by atoms with van der Waals surface area (Å²) in [6.07, 6.45) is 3.08. The maximum Gasteiger partial charge on any atom is 0.323 e. The summed E-state index contributed by atoms with van der Waals surface area (Å²) in [4.78, 5) is 11.1. The molecule has 0 aliphatic heterocycles. The van der Waals surface area contributed by atoms with Gasteiger partial charge in [0.05, 0.1) is 6.61 Å². The Bertz CT molecular complexity index is 204. The molecule has 1 aliphatic rings.